The standard InChI is InChI=1S/C25H41N7O6/c1-4-14(2)19(24(37)38)31-23(36)20(15(3)33)32-22(35)18(13-16-9-6-5-7-10-16)30-21(34)17(26)11-8-12-29-25(27)28/h5-7,9-10,14-15,17-20,33H,4,8,11-13,26H2,1-3H3,(H,30,34)(H,31,36)(H,32,35)(H,37,38)(H4,27,28,29). The van der Waals surface area contributed by atoms with Gasteiger partial charge in [0.1, 0.15) is 18.1 Å². The molecule has 0 heterocycles. The van der Waals surface area contributed by atoms with E-state index in [1.807, 2.05) is 0 Å². The summed E-state index contributed by atoms with van der Waals surface area (Å²) in [5.41, 5.74) is 17.3. The topological polar surface area (TPSA) is 235 Å². The molecule has 0 aliphatic carbocycles. The molecule has 38 heavy (non-hydrogen) atoms. The van der Waals surface area contributed by atoms with E-state index in [1.165, 1.54) is 6.92 Å². The molecule has 1 aromatic carbocycles. The van der Waals surface area contributed by atoms with Crippen LogP contribution in [0.15, 0.2) is 35.3 Å². The molecule has 0 bridgehead atoms. The maximum atomic E-state index is 13.3. The summed E-state index contributed by atoms with van der Waals surface area (Å²) in [6, 6.07) is 4.13. The van der Waals surface area contributed by atoms with Crippen LogP contribution in [0.2, 0.25) is 0 Å². The van der Waals surface area contributed by atoms with Gasteiger partial charge in [0.25, 0.3) is 0 Å². The highest BCUT2D eigenvalue weighted by atomic mass is 16.4. The van der Waals surface area contributed by atoms with Crippen LogP contribution in [0.25, 0.3) is 0 Å². The zero-order chi connectivity index (χ0) is 28.8. The first-order chi connectivity index (χ1) is 17.9. The summed E-state index contributed by atoms with van der Waals surface area (Å²) in [4.78, 5) is 54.4. The van der Waals surface area contributed by atoms with E-state index in [0.717, 1.165) is 5.56 Å². The number of carbonyl (C=O) groups excluding carboxylic acids is 3. The zero-order valence-electron chi connectivity index (χ0n) is 22.1. The number of guanidine groups is 1. The van der Waals surface area contributed by atoms with Crippen LogP contribution in [-0.2, 0) is 25.6 Å². The van der Waals surface area contributed by atoms with Gasteiger partial charge in [-0.15, -0.1) is 0 Å². The fourth-order valence-electron chi connectivity index (χ4n) is 3.57. The van der Waals surface area contributed by atoms with Crippen LogP contribution in [0.1, 0.15) is 45.6 Å². The van der Waals surface area contributed by atoms with E-state index in [0.29, 0.717) is 12.8 Å². The number of aliphatic imine (C=N–C) groups is 1. The molecule has 1 aromatic rings. The second-order valence-corrected chi connectivity index (χ2v) is 9.24. The zero-order valence-corrected chi connectivity index (χ0v) is 22.1. The average molecular weight is 536 g/mol. The Bertz CT molecular complexity index is 953. The van der Waals surface area contributed by atoms with E-state index in [4.69, 9.17) is 17.2 Å². The number of aliphatic carboxylic acids is 1. The first kappa shape index (κ1) is 32.3. The number of hydrogen-bond acceptors (Lipinski definition) is 7. The van der Waals surface area contributed by atoms with Crippen LogP contribution in [0.3, 0.4) is 0 Å². The van der Waals surface area contributed by atoms with E-state index in [-0.39, 0.29) is 31.3 Å². The van der Waals surface area contributed by atoms with Gasteiger partial charge in [-0.25, -0.2) is 4.79 Å². The van der Waals surface area contributed by atoms with Crippen LogP contribution >= 0.6 is 0 Å². The molecule has 212 valence electrons. The molecule has 0 saturated carbocycles. The Labute approximate surface area is 222 Å². The molecule has 6 atom stereocenters. The van der Waals surface area contributed by atoms with Crippen LogP contribution < -0.4 is 33.2 Å². The van der Waals surface area contributed by atoms with Gasteiger partial charge in [-0.2, -0.15) is 0 Å². The van der Waals surface area contributed by atoms with Crippen molar-refractivity contribution in [2.45, 2.75) is 76.7 Å². The van der Waals surface area contributed by atoms with Crippen molar-refractivity contribution in [3.8, 4) is 0 Å². The van der Waals surface area contributed by atoms with Gasteiger partial charge in [-0.1, -0.05) is 50.6 Å². The van der Waals surface area contributed by atoms with Crippen molar-refractivity contribution in [2.24, 2.45) is 28.1 Å². The number of nitrogens with two attached hydrogens (primary N) is 3. The highest BCUT2D eigenvalue weighted by molar-refractivity contribution is 5.94. The van der Waals surface area contributed by atoms with E-state index < -0.39 is 54.0 Å². The third-order valence-electron chi connectivity index (χ3n) is 6.06. The molecule has 13 heteroatoms. The van der Waals surface area contributed by atoms with Gasteiger partial charge in [-0.3, -0.25) is 19.4 Å². The lowest BCUT2D eigenvalue weighted by molar-refractivity contribution is -0.144. The fourth-order valence-corrected chi connectivity index (χ4v) is 3.57. The van der Waals surface area contributed by atoms with Gasteiger partial charge in [0.05, 0.1) is 12.1 Å². The number of nitrogens with one attached hydrogen (secondary N) is 3. The molecule has 6 unspecified atom stereocenters. The summed E-state index contributed by atoms with van der Waals surface area (Å²) in [7, 11) is 0. The summed E-state index contributed by atoms with van der Waals surface area (Å²) in [5.74, 6) is -3.88. The number of rotatable bonds is 16. The second kappa shape index (κ2) is 16.2. The molecular formula is C25H41N7O6. The van der Waals surface area contributed by atoms with Crippen LogP contribution in [0.4, 0.5) is 0 Å². The van der Waals surface area contributed by atoms with E-state index >= 15 is 0 Å². The summed E-state index contributed by atoms with van der Waals surface area (Å²) < 4.78 is 0. The molecular weight excluding hydrogens is 494 g/mol. The van der Waals surface area contributed by atoms with Crippen LogP contribution in [-0.4, -0.2) is 76.7 Å². The third kappa shape index (κ3) is 11.1. The van der Waals surface area contributed by atoms with Crippen LogP contribution in [0.5, 0.6) is 0 Å². The van der Waals surface area contributed by atoms with Gasteiger partial charge in [0.2, 0.25) is 17.7 Å². The quantitative estimate of drug-likeness (QED) is 0.0703. The summed E-state index contributed by atoms with van der Waals surface area (Å²) >= 11 is 0. The minimum Gasteiger partial charge on any atom is -0.480 e. The monoisotopic (exact) mass is 535 g/mol. The lowest BCUT2D eigenvalue weighted by atomic mass is 9.98. The number of benzene rings is 1. The van der Waals surface area contributed by atoms with Gasteiger partial charge < -0.3 is 43.4 Å². The predicted molar refractivity (Wildman–Crippen MR) is 143 cm³/mol. The highest BCUT2D eigenvalue weighted by Gasteiger charge is 2.34. The first-order valence-corrected chi connectivity index (χ1v) is 12.5. The molecule has 3 amide bonds. The van der Waals surface area contributed by atoms with E-state index in [2.05, 4.69) is 20.9 Å². The molecule has 0 fully saturated rings. The van der Waals surface area contributed by atoms with Crippen molar-refractivity contribution in [3.63, 3.8) is 0 Å². The van der Waals surface area contributed by atoms with Crippen molar-refractivity contribution in [2.75, 3.05) is 6.54 Å². The molecule has 1 rings (SSSR count). The SMILES string of the molecule is CCC(C)C(NC(=O)C(NC(=O)C(Cc1ccccc1)NC(=O)C(N)CCCN=C(N)N)C(C)O)C(=O)O. The molecule has 0 saturated heterocycles. The lowest BCUT2D eigenvalue weighted by Gasteiger charge is -2.28. The normalized spacial score (nSPS) is 15.6. The largest absolute Gasteiger partial charge is 0.480 e. The lowest BCUT2D eigenvalue weighted by Crippen LogP contribution is -2.60. The number of hydrogen-bond donors (Lipinski definition) is 8. The molecule has 0 aliphatic heterocycles. The Morgan fingerprint density at radius 3 is 2.08 bits per heavy atom. The third-order valence-corrected chi connectivity index (χ3v) is 6.06. The Hall–Kier alpha value is -3.71. The number of amides is 3. The highest BCUT2D eigenvalue weighted by Crippen LogP contribution is 2.10. The van der Waals surface area contributed by atoms with Crippen LogP contribution in [0, 0.1) is 5.92 Å². The van der Waals surface area contributed by atoms with Gasteiger partial charge >= 0.3 is 5.97 Å². The number of carbonyl (C=O) groups is 4. The van der Waals surface area contributed by atoms with Crippen molar-refractivity contribution in [1.29, 1.82) is 0 Å². The maximum absolute atomic E-state index is 13.3. The number of aliphatic hydroxyl groups is 1. The Balaban J connectivity index is 3.03. The Kier molecular flexibility index (Phi) is 13.8. The van der Waals surface area contributed by atoms with Crippen molar-refractivity contribution >= 4 is 29.7 Å². The summed E-state index contributed by atoms with van der Waals surface area (Å²) in [6.07, 6.45) is -0.0882. The molecule has 11 N–H and O–H groups in total. The molecule has 0 radical (unpaired) electrons. The number of nitrogens with zero attached hydrogens (tertiary/aromatic N) is 1. The first-order valence-electron chi connectivity index (χ1n) is 12.5. The predicted octanol–water partition coefficient (Wildman–Crippen LogP) is -1.42. The van der Waals surface area contributed by atoms with Crippen molar-refractivity contribution < 1.29 is 29.4 Å². The Morgan fingerprint density at radius 2 is 1.55 bits per heavy atom. The van der Waals surface area contributed by atoms with Gasteiger partial charge in [-0.05, 0) is 31.2 Å². The summed E-state index contributed by atoms with van der Waals surface area (Å²) in [5, 5.41) is 27.2. The molecule has 0 aromatic heterocycles. The smallest absolute Gasteiger partial charge is 0.326 e. The average Bonchev–Trinajstić information content (AvgIpc) is 2.86. The number of aliphatic hydroxyl groups excluding tert-OH is 1. The summed E-state index contributed by atoms with van der Waals surface area (Å²) in [6.45, 7) is 5.03. The number of carboxylic acids is 1. The molecule has 13 nitrogen and oxygen atoms in total. The maximum Gasteiger partial charge on any atom is 0.326 e. The number of carboxylic acid groups (broad SMARTS) is 1. The molecule has 0 aliphatic rings. The van der Waals surface area contributed by atoms with Gasteiger partial charge in [0.15, 0.2) is 5.96 Å². The van der Waals surface area contributed by atoms with Crippen molar-refractivity contribution in [3.05, 3.63) is 35.9 Å². The van der Waals surface area contributed by atoms with Crippen molar-refractivity contribution in [1.82, 2.24) is 16.0 Å². The minimum absolute atomic E-state index is 0.0712. The minimum atomic E-state index is -1.46. The fraction of sp³-hybridized carbons (Fsp3) is 0.560. The second-order valence-electron chi connectivity index (χ2n) is 9.24. The van der Waals surface area contributed by atoms with E-state index in [9.17, 15) is 29.4 Å². The van der Waals surface area contributed by atoms with Gasteiger partial charge in [0, 0.05) is 13.0 Å². The Morgan fingerprint density at radius 1 is 0.947 bits per heavy atom. The van der Waals surface area contributed by atoms with E-state index in [1.54, 1.807) is 44.2 Å². The molecule has 0 spiro atoms.